The third-order valence-corrected chi connectivity index (χ3v) is 8.44. The molecular formula is C21H30O7. The predicted octanol–water partition coefficient (Wildman–Crippen LogP) is -0.360. The van der Waals surface area contributed by atoms with Crippen molar-refractivity contribution in [1.29, 1.82) is 0 Å². The van der Waals surface area contributed by atoms with Gasteiger partial charge in [-0.05, 0) is 49.7 Å². The molecule has 3 saturated carbocycles. The Bertz CT molecular complexity index is 758. The maximum atomic E-state index is 12.4. The number of carbonyl (C=O) groups excluding carboxylic acids is 1. The largest absolute Gasteiger partial charge is 0.393 e. The highest BCUT2D eigenvalue weighted by atomic mass is 16.5. The van der Waals surface area contributed by atoms with Gasteiger partial charge in [0.15, 0.2) is 11.4 Å². The van der Waals surface area contributed by atoms with Crippen molar-refractivity contribution >= 4 is 5.78 Å². The van der Waals surface area contributed by atoms with Crippen LogP contribution in [0.25, 0.3) is 0 Å². The van der Waals surface area contributed by atoms with Crippen LogP contribution in [0.1, 0.15) is 39.5 Å². The van der Waals surface area contributed by atoms with Gasteiger partial charge in [-0.3, -0.25) is 4.79 Å². The monoisotopic (exact) mass is 394 g/mol. The number of aliphatic hydroxyl groups is 6. The summed E-state index contributed by atoms with van der Waals surface area (Å²) in [6.45, 7) is 2.85. The fourth-order valence-corrected chi connectivity index (χ4v) is 7.09. The van der Waals surface area contributed by atoms with Gasteiger partial charge in [0.25, 0.3) is 0 Å². The molecule has 7 heteroatoms. The number of hydrogen-bond acceptors (Lipinski definition) is 7. The number of Topliss-reactive ketones (excluding diaryl/α,β-unsaturated/α-hetero) is 1. The standard InChI is InChI=1S/C21H30O7/c1-18-5-6-20(26,27)8-11(18)3-4-12-13-7-15(24)21(28,16(25)10-22)19(13,2)9-14(23)17(12)18/h5-6,8,12-15,17,22-24,26-28H,3-4,7,9-10H2,1-2H3/t12-,13-,14-,15+,17+,18-,19-,21+/m0/s1. The quantitative estimate of drug-likeness (QED) is 0.278. The van der Waals surface area contributed by atoms with Crippen LogP contribution in [0, 0.1) is 28.6 Å². The lowest BCUT2D eigenvalue weighted by Gasteiger charge is -2.59. The highest BCUT2D eigenvalue weighted by Crippen LogP contribution is 2.67. The molecule has 4 aliphatic carbocycles. The Labute approximate surface area is 164 Å². The number of fused-ring (bicyclic) bond motifs is 5. The zero-order chi connectivity index (χ0) is 20.7. The van der Waals surface area contributed by atoms with Gasteiger partial charge in [0.2, 0.25) is 5.79 Å². The van der Waals surface area contributed by atoms with Crippen LogP contribution >= 0.6 is 0 Å². The maximum Gasteiger partial charge on any atom is 0.203 e. The summed E-state index contributed by atoms with van der Waals surface area (Å²) in [5, 5.41) is 62.3. The molecule has 3 fully saturated rings. The lowest BCUT2D eigenvalue weighted by atomic mass is 9.46. The maximum absolute atomic E-state index is 12.4. The van der Waals surface area contributed by atoms with E-state index in [-0.39, 0.29) is 30.6 Å². The molecule has 0 spiro atoms. The summed E-state index contributed by atoms with van der Waals surface area (Å²) in [6, 6.07) is 0. The Balaban J connectivity index is 1.77. The molecule has 0 aromatic heterocycles. The number of aliphatic hydroxyl groups excluding tert-OH is 3. The van der Waals surface area contributed by atoms with Gasteiger partial charge < -0.3 is 30.6 Å². The van der Waals surface area contributed by atoms with Crippen molar-refractivity contribution in [3.63, 3.8) is 0 Å². The molecule has 6 N–H and O–H groups in total. The first-order valence-corrected chi connectivity index (χ1v) is 10.0. The molecule has 0 aliphatic heterocycles. The van der Waals surface area contributed by atoms with Crippen LogP contribution < -0.4 is 0 Å². The van der Waals surface area contributed by atoms with Gasteiger partial charge in [-0.25, -0.2) is 0 Å². The molecule has 0 unspecified atom stereocenters. The van der Waals surface area contributed by atoms with Crippen LogP contribution in [0.3, 0.4) is 0 Å². The highest BCUT2D eigenvalue weighted by molar-refractivity contribution is 5.90. The van der Waals surface area contributed by atoms with Crippen molar-refractivity contribution in [2.45, 2.75) is 63.1 Å². The molecule has 4 rings (SSSR count). The molecule has 0 bridgehead atoms. The molecule has 0 radical (unpaired) electrons. The van der Waals surface area contributed by atoms with Crippen LogP contribution in [0.15, 0.2) is 23.8 Å². The Morgan fingerprint density at radius 3 is 2.50 bits per heavy atom. The number of hydrogen-bond donors (Lipinski definition) is 6. The van der Waals surface area contributed by atoms with Crippen molar-refractivity contribution in [3.05, 3.63) is 23.8 Å². The normalized spacial score (nSPS) is 51.7. The van der Waals surface area contributed by atoms with E-state index in [2.05, 4.69) is 0 Å². The fourth-order valence-electron chi connectivity index (χ4n) is 7.09. The summed E-state index contributed by atoms with van der Waals surface area (Å²) >= 11 is 0. The van der Waals surface area contributed by atoms with E-state index in [0.29, 0.717) is 12.8 Å². The number of rotatable bonds is 2. The molecule has 156 valence electrons. The molecule has 7 nitrogen and oxygen atoms in total. The van der Waals surface area contributed by atoms with Crippen LogP contribution in [-0.2, 0) is 4.79 Å². The van der Waals surface area contributed by atoms with E-state index < -0.39 is 46.8 Å². The summed E-state index contributed by atoms with van der Waals surface area (Å²) in [6.07, 6.45) is 4.00. The minimum atomic E-state index is -2.08. The van der Waals surface area contributed by atoms with E-state index in [0.717, 1.165) is 5.57 Å². The van der Waals surface area contributed by atoms with Gasteiger partial charge in [0.05, 0.1) is 12.2 Å². The first-order valence-electron chi connectivity index (χ1n) is 10.0. The zero-order valence-corrected chi connectivity index (χ0v) is 16.2. The molecule has 28 heavy (non-hydrogen) atoms. The van der Waals surface area contributed by atoms with Gasteiger partial charge in [-0.15, -0.1) is 0 Å². The smallest absolute Gasteiger partial charge is 0.203 e. The summed E-state index contributed by atoms with van der Waals surface area (Å²) in [7, 11) is 0. The summed E-state index contributed by atoms with van der Waals surface area (Å²) in [5.41, 5.74) is -2.82. The molecule has 0 aromatic rings. The third kappa shape index (κ3) is 2.35. The van der Waals surface area contributed by atoms with E-state index in [9.17, 15) is 35.4 Å². The van der Waals surface area contributed by atoms with E-state index in [1.807, 2.05) is 6.92 Å². The van der Waals surface area contributed by atoms with Crippen molar-refractivity contribution in [2.24, 2.45) is 28.6 Å². The minimum absolute atomic E-state index is 0.0550. The molecule has 0 heterocycles. The minimum Gasteiger partial charge on any atom is -0.393 e. The topological polar surface area (TPSA) is 138 Å². The fraction of sp³-hybridized carbons (Fsp3) is 0.762. The molecule has 4 aliphatic rings. The second kappa shape index (κ2) is 5.97. The number of allylic oxidation sites excluding steroid dienone is 2. The Morgan fingerprint density at radius 2 is 1.86 bits per heavy atom. The molecule has 0 aromatic carbocycles. The Hall–Kier alpha value is -1.09. The van der Waals surface area contributed by atoms with Gasteiger partial charge in [-0.1, -0.05) is 25.5 Å². The van der Waals surface area contributed by atoms with Gasteiger partial charge in [0, 0.05) is 16.7 Å². The zero-order valence-electron chi connectivity index (χ0n) is 16.2. The Kier molecular flexibility index (Phi) is 4.30. The van der Waals surface area contributed by atoms with Gasteiger partial charge in [0.1, 0.15) is 6.61 Å². The molecular weight excluding hydrogens is 364 g/mol. The van der Waals surface area contributed by atoms with Crippen molar-refractivity contribution < 1.29 is 35.4 Å². The van der Waals surface area contributed by atoms with Crippen molar-refractivity contribution in [1.82, 2.24) is 0 Å². The van der Waals surface area contributed by atoms with E-state index >= 15 is 0 Å². The molecule has 8 atom stereocenters. The Morgan fingerprint density at radius 1 is 1.18 bits per heavy atom. The molecule has 0 amide bonds. The van der Waals surface area contributed by atoms with Crippen LogP contribution in [0.4, 0.5) is 0 Å². The predicted molar refractivity (Wildman–Crippen MR) is 98.6 cm³/mol. The average molecular weight is 394 g/mol. The molecule has 0 saturated heterocycles. The first-order chi connectivity index (χ1) is 12.9. The summed E-state index contributed by atoms with van der Waals surface area (Å²) < 4.78 is 0. The van der Waals surface area contributed by atoms with E-state index in [1.54, 1.807) is 13.0 Å². The van der Waals surface area contributed by atoms with Crippen molar-refractivity contribution in [3.8, 4) is 0 Å². The lowest BCUT2D eigenvalue weighted by molar-refractivity contribution is -0.190. The first kappa shape index (κ1) is 20.2. The van der Waals surface area contributed by atoms with Crippen LogP contribution in [0.2, 0.25) is 0 Å². The second-order valence-corrected chi connectivity index (χ2v) is 9.69. The van der Waals surface area contributed by atoms with Gasteiger partial charge >= 0.3 is 0 Å². The van der Waals surface area contributed by atoms with E-state index in [1.165, 1.54) is 12.2 Å². The third-order valence-electron chi connectivity index (χ3n) is 8.44. The van der Waals surface area contributed by atoms with Gasteiger partial charge in [-0.2, -0.15) is 0 Å². The average Bonchev–Trinajstić information content (AvgIpc) is 2.82. The van der Waals surface area contributed by atoms with E-state index in [4.69, 9.17) is 0 Å². The number of carbonyl (C=O) groups is 1. The van der Waals surface area contributed by atoms with Crippen LogP contribution in [-0.4, -0.2) is 66.6 Å². The SMILES string of the molecule is C[C@]12C=CC(O)(O)C=C1CC[C@@H]1[C@@H]2[C@@H](O)C[C@@]2(C)[C@H]1C[C@@H](O)[C@@]2(O)C(=O)CO. The number of ketones is 1. The van der Waals surface area contributed by atoms with Crippen LogP contribution in [0.5, 0.6) is 0 Å². The highest BCUT2D eigenvalue weighted by Gasteiger charge is 2.71. The van der Waals surface area contributed by atoms with Crippen molar-refractivity contribution in [2.75, 3.05) is 6.61 Å². The lowest BCUT2D eigenvalue weighted by Crippen LogP contribution is -2.63. The second-order valence-electron chi connectivity index (χ2n) is 9.69. The summed E-state index contributed by atoms with van der Waals surface area (Å²) in [5.74, 6) is -3.27. The summed E-state index contributed by atoms with van der Waals surface area (Å²) in [4.78, 5) is 12.4.